The van der Waals surface area contributed by atoms with Gasteiger partial charge < -0.3 is 9.80 Å². The van der Waals surface area contributed by atoms with Crippen molar-refractivity contribution in [3.63, 3.8) is 0 Å². The number of benzene rings is 1. The summed E-state index contributed by atoms with van der Waals surface area (Å²) in [6, 6.07) is 9.19. The number of rotatable bonds is 2. The lowest BCUT2D eigenvalue weighted by molar-refractivity contribution is -0.126. The van der Waals surface area contributed by atoms with Crippen LogP contribution in [0.2, 0.25) is 15.1 Å². The smallest absolute Gasteiger partial charge is 0.235 e. The largest absolute Gasteiger partial charge is 0.354 e. The molecule has 26 heavy (non-hydrogen) atoms. The van der Waals surface area contributed by atoms with E-state index < -0.39 is 5.41 Å². The number of halogens is 3. The van der Waals surface area contributed by atoms with E-state index in [2.05, 4.69) is 9.88 Å². The van der Waals surface area contributed by atoms with Crippen LogP contribution in [0, 0.1) is 5.41 Å². The van der Waals surface area contributed by atoms with E-state index in [1.165, 1.54) is 0 Å². The SMILES string of the molecule is O=C1N(c2ccccc2Cl)CCC12CCCN(c1ncc(Cl)cc1Cl)C2. The summed E-state index contributed by atoms with van der Waals surface area (Å²) in [6.45, 7) is 2.12. The maximum absolute atomic E-state index is 13.3. The molecule has 0 saturated carbocycles. The molecule has 2 aliphatic heterocycles. The number of piperidine rings is 1. The topological polar surface area (TPSA) is 36.4 Å². The predicted octanol–water partition coefficient (Wildman–Crippen LogP) is 5.07. The van der Waals surface area contributed by atoms with Crippen LogP contribution in [-0.4, -0.2) is 30.5 Å². The van der Waals surface area contributed by atoms with E-state index in [1.807, 2.05) is 29.2 Å². The van der Waals surface area contributed by atoms with Crippen molar-refractivity contribution >= 4 is 52.2 Å². The second-order valence-corrected chi connectivity index (χ2v) is 8.17. The lowest BCUT2D eigenvalue weighted by Crippen LogP contribution is -2.48. The fourth-order valence-corrected chi connectivity index (χ4v) is 4.79. The summed E-state index contributed by atoms with van der Waals surface area (Å²) in [5.74, 6) is 0.833. The number of carbonyl (C=O) groups is 1. The summed E-state index contributed by atoms with van der Waals surface area (Å²) in [7, 11) is 0. The summed E-state index contributed by atoms with van der Waals surface area (Å²) in [5, 5.41) is 1.63. The molecule has 1 amide bonds. The first-order valence-corrected chi connectivity index (χ1v) is 9.76. The normalized spacial score (nSPS) is 23.1. The van der Waals surface area contributed by atoms with E-state index in [-0.39, 0.29) is 5.91 Å². The molecule has 0 bridgehead atoms. The number of hydrogen-bond acceptors (Lipinski definition) is 3. The fourth-order valence-electron chi connectivity index (χ4n) is 4.05. The molecule has 1 aromatic heterocycles. The molecule has 4 nitrogen and oxygen atoms in total. The average molecular weight is 411 g/mol. The summed E-state index contributed by atoms with van der Waals surface area (Å²) < 4.78 is 0. The minimum absolute atomic E-state index is 0.139. The Hall–Kier alpha value is -1.49. The van der Waals surface area contributed by atoms with E-state index >= 15 is 0 Å². The summed E-state index contributed by atoms with van der Waals surface area (Å²) >= 11 is 18.6. The first-order chi connectivity index (χ1) is 12.5. The van der Waals surface area contributed by atoms with Gasteiger partial charge in [0.05, 0.1) is 26.2 Å². The van der Waals surface area contributed by atoms with Gasteiger partial charge in [-0.3, -0.25) is 4.79 Å². The molecule has 1 aromatic carbocycles. The first kappa shape index (κ1) is 17.9. The molecule has 0 radical (unpaired) electrons. The zero-order valence-electron chi connectivity index (χ0n) is 14.1. The first-order valence-electron chi connectivity index (χ1n) is 8.63. The molecule has 2 aliphatic rings. The molecular formula is C19H18Cl3N3O. The molecule has 1 atom stereocenters. The van der Waals surface area contributed by atoms with Crippen molar-refractivity contribution in [2.45, 2.75) is 19.3 Å². The van der Waals surface area contributed by atoms with Crippen molar-refractivity contribution in [2.75, 3.05) is 29.4 Å². The molecule has 2 fully saturated rings. The van der Waals surface area contributed by atoms with E-state index in [4.69, 9.17) is 34.8 Å². The Morgan fingerprint density at radius 1 is 1.04 bits per heavy atom. The Balaban J connectivity index is 1.61. The van der Waals surface area contributed by atoms with Gasteiger partial charge in [0.2, 0.25) is 5.91 Å². The molecule has 0 aliphatic carbocycles. The van der Waals surface area contributed by atoms with Crippen LogP contribution in [0.4, 0.5) is 11.5 Å². The van der Waals surface area contributed by atoms with Gasteiger partial charge in [-0.2, -0.15) is 0 Å². The number of anilines is 2. The third kappa shape index (κ3) is 3.04. The van der Waals surface area contributed by atoms with Crippen LogP contribution < -0.4 is 9.80 Å². The minimum Gasteiger partial charge on any atom is -0.354 e. The van der Waals surface area contributed by atoms with Crippen molar-refractivity contribution in [2.24, 2.45) is 5.41 Å². The third-order valence-electron chi connectivity index (χ3n) is 5.32. The van der Waals surface area contributed by atoms with Crippen LogP contribution in [0.5, 0.6) is 0 Å². The molecule has 1 spiro atoms. The number of nitrogens with zero attached hydrogens (tertiary/aromatic N) is 3. The average Bonchev–Trinajstić information content (AvgIpc) is 2.92. The van der Waals surface area contributed by atoms with Crippen LogP contribution in [0.3, 0.4) is 0 Å². The quantitative estimate of drug-likeness (QED) is 0.694. The van der Waals surface area contributed by atoms with Crippen molar-refractivity contribution < 1.29 is 4.79 Å². The molecule has 4 rings (SSSR count). The number of hydrogen-bond donors (Lipinski definition) is 0. The van der Waals surface area contributed by atoms with Crippen molar-refractivity contribution in [1.82, 2.24) is 4.98 Å². The van der Waals surface area contributed by atoms with Crippen LogP contribution in [0.15, 0.2) is 36.5 Å². The van der Waals surface area contributed by atoms with Crippen molar-refractivity contribution in [1.29, 1.82) is 0 Å². The maximum Gasteiger partial charge on any atom is 0.235 e. The minimum atomic E-state index is -0.415. The lowest BCUT2D eigenvalue weighted by atomic mass is 9.78. The molecule has 2 aromatic rings. The number of amides is 1. The van der Waals surface area contributed by atoms with Gasteiger partial charge in [-0.15, -0.1) is 0 Å². The Labute approximate surface area is 167 Å². The summed E-state index contributed by atoms with van der Waals surface area (Å²) in [5.41, 5.74) is 0.373. The highest BCUT2D eigenvalue weighted by Crippen LogP contribution is 2.44. The lowest BCUT2D eigenvalue weighted by Gasteiger charge is -2.40. The summed E-state index contributed by atoms with van der Waals surface area (Å²) in [6.07, 6.45) is 4.19. The Kier molecular flexibility index (Phi) is 4.76. The van der Waals surface area contributed by atoms with E-state index in [0.29, 0.717) is 34.0 Å². The Morgan fingerprint density at radius 2 is 1.85 bits per heavy atom. The van der Waals surface area contributed by atoms with E-state index in [9.17, 15) is 4.79 Å². The molecule has 7 heteroatoms. The van der Waals surface area contributed by atoms with Gasteiger partial charge in [-0.05, 0) is 37.5 Å². The standard InChI is InChI=1S/C19H18Cl3N3O/c20-13-10-15(22)17(23-11-13)24-8-3-6-19(12-24)7-9-25(18(19)26)16-5-2-1-4-14(16)21/h1-2,4-5,10-11H,3,6-9,12H2. The zero-order chi connectivity index (χ0) is 18.3. The van der Waals surface area contributed by atoms with Crippen molar-refractivity contribution in [3.05, 3.63) is 51.6 Å². The molecule has 1 unspecified atom stereocenters. The van der Waals surface area contributed by atoms with Crippen LogP contribution in [0.1, 0.15) is 19.3 Å². The highest BCUT2D eigenvalue weighted by Gasteiger charge is 2.49. The van der Waals surface area contributed by atoms with Gasteiger partial charge in [0, 0.05) is 25.8 Å². The van der Waals surface area contributed by atoms with Gasteiger partial charge in [0.1, 0.15) is 5.82 Å². The number of aromatic nitrogens is 1. The molecule has 2 saturated heterocycles. The predicted molar refractivity (Wildman–Crippen MR) is 107 cm³/mol. The number of carbonyl (C=O) groups excluding carboxylic acids is 1. The fraction of sp³-hybridized carbons (Fsp3) is 0.368. The molecular weight excluding hydrogens is 393 g/mol. The summed E-state index contributed by atoms with van der Waals surface area (Å²) in [4.78, 5) is 21.6. The number of para-hydroxylation sites is 1. The monoisotopic (exact) mass is 409 g/mol. The van der Waals surface area contributed by atoms with Gasteiger partial charge in [-0.1, -0.05) is 46.9 Å². The Bertz CT molecular complexity index is 860. The second-order valence-electron chi connectivity index (χ2n) is 6.92. The van der Waals surface area contributed by atoms with Crippen molar-refractivity contribution in [3.8, 4) is 0 Å². The van der Waals surface area contributed by atoms with Gasteiger partial charge in [0.25, 0.3) is 0 Å². The third-order valence-corrected chi connectivity index (χ3v) is 6.13. The highest BCUT2D eigenvalue weighted by atomic mass is 35.5. The highest BCUT2D eigenvalue weighted by molar-refractivity contribution is 6.36. The molecule has 3 heterocycles. The van der Waals surface area contributed by atoms with E-state index in [0.717, 1.165) is 31.5 Å². The van der Waals surface area contributed by atoms with Gasteiger partial charge in [0.15, 0.2) is 0 Å². The van der Waals surface area contributed by atoms with Crippen LogP contribution in [-0.2, 0) is 4.79 Å². The maximum atomic E-state index is 13.3. The Morgan fingerprint density at radius 3 is 2.62 bits per heavy atom. The van der Waals surface area contributed by atoms with Gasteiger partial charge >= 0.3 is 0 Å². The zero-order valence-corrected chi connectivity index (χ0v) is 16.4. The molecule has 136 valence electrons. The van der Waals surface area contributed by atoms with Crippen LogP contribution in [0.25, 0.3) is 0 Å². The molecule has 0 N–H and O–H groups in total. The second kappa shape index (κ2) is 6.91. The van der Waals surface area contributed by atoms with Crippen LogP contribution >= 0.6 is 34.8 Å². The van der Waals surface area contributed by atoms with Gasteiger partial charge in [-0.25, -0.2) is 4.98 Å². The van der Waals surface area contributed by atoms with E-state index in [1.54, 1.807) is 12.3 Å². The number of pyridine rings is 1.